The molecule has 2 aromatic carbocycles. The Bertz CT molecular complexity index is 795. The smallest absolute Gasteiger partial charge is 0.145 e. The molecular weight excluding hydrogens is 272 g/mol. The normalized spacial score (nSPS) is 12.6. The van der Waals surface area contributed by atoms with Gasteiger partial charge in [-0.3, -0.25) is 0 Å². The third-order valence-electron chi connectivity index (χ3n) is 3.22. The van der Waals surface area contributed by atoms with E-state index in [9.17, 15) is 8.78 Å². The van der Waals surface area contributed by atoms with Crippen LogP contribution < -0.4 is 5.73 Å². The van der Waals surface area contributed by atoms with E-state index in [4.69, 9.17) is 5.73 Å². The van der Waals surface area contributed by atoms with Crippen LogP contribution in [-0.2, 0) is 0 Å². The highest BCUT2D eigenvalue weighted by Crippen LogP contribution is 2.28. The number of halogens is 2. The molecule has 0 radical (unpaired) electrons. The summed E-state index contributed by atoms with van der Waals surface area (Å²) in [6.45, 7) is 1.80. The largest absolute Gasteiger partial charge is 0.322 e. The summed E-state index contributed by atoms with van der Waals surface area (Å²) in [5, 5.41) is 0.729. The predicted molar refractivity (Wildman–Crippen MR) is 77.5 cm³/mol. The fraction of sp³-hybridized carbons (Fsp3) is 0.125. The first-order chi connectivity index (χ1) is 10.0. The summed E-state index contributed by atoms with van der Waals surface area (Å²) in [4.78, 5) is 8.60. The summed E-state index contributed by atoms with van der Waals surface area (Å²) in [6, 6.07) is 8.55. The SMILES string of the molecule is CC(N)c1ncc2c(-c3cc(F)cc(F)c3)cccc2n1. The molecule has 2 N–H and O–H groups in total. The van der Waals surface area contributed by atoms with Crippen molar-refractivity contribution in [3.05, 3.63) is 60.1 Å². The lowest BCUT2D eigenvalue weighted by molar-refractivity contribution is 0.584. The van der Waals surface area contributed by atoms with Crippen LogP contribution in [0.2, 0.25) is 0 Å². The molecule has 0 fully saturated rings. The minimum atomic E-state index is -0.616. The van der Waals surface area contributed by atoms with Crippen LogP contribution in [0.4, 0.5) is 8.78 Å². The highest BCUT2D eigenvalue weighted by Gasteiger charge is 2.10. The molecule has 1 heterocycles. The van der Waals surface area contributed by atoms with E-state index >= 15 is 0 Å². The van der Waals surface area contributed by atoms with Crippen molar-refractivity contribution in [2.24, 2.45) is 5.73 Å². The van der Waals surface area contributed by atoms with Crippen molar-refractivity contribution in [1.82, 2.24) is 9.97 Å². The molecule has 0 bridgehead atoms. The van der Waals surface area contributed by atoms with E-state index in [1.54, 1.807) is 25.3 Å². The third kappa shape index (κ3) is 2.60. The third-order valence-corrected chi connectivity index (χ3v) is 3.22. The second-order valence-electron chi connectivity index (χ2n) is 4.91. The minimum absolute atomic E-state index is 0.273. The molecule has 1 unspecified atom stereocenters. The van der Waals surface area contributed by atoms with Gasteiger partial charge in [-0.25, -0.2) is 18.7 Å². The zero-order valence-electron chi connectivity index (χ0n) is 11.3. The van der Waals surface area contributed by atoms with E-state index in [1.165, 1.54) is 12.1 Å². The first kappa shape index (κ1) is 13.6. The monoisotopic (exact) mass is 285 g/mol. The topological polar surface area (TPSA) is 51.8 Å². The molecule has 3 nitrogen and oxygen atoms in total. The number of rotatable bonds is 2. The van der Waals surface area contributed by atoms with E-state index in [-0.39, 0.29) is 6.04 Å². The van der Waals surface area contributed by atoms with E-state index in [2.05, 4.69) is 9.97 Å². The van der Waals surface area contributed by atoms with Gasteiger partial charge in [0.15, 0.2) is 0 Å². The van der Waals surface area contributed by atoms with Gasteiger partial charge in [0.1, 0.15) is 17.5 Å². The van der Waals surface area contributed by atoms with Crippen LogP contribution in [0.15, 0.2) is 42.6 Å². The molecule has 0 amide bonds. The zero-order chi connectivity index (χ0) is 15.0. The molecule has 0 spiro atoms. The standard InChI is InChI=1S/C16H13F2N3/c1-9(19)16-20-8-14-13(3-2-4-15(14)21-16)10-5-11(17)7-12(18)6-10/h2-9H,19H2,1H3. The van der Waals surface area contributed by atoms with Gasteiger partial charge in [0, 0.05) is 17.6 Å². The number of hydrogen-bond donors (Lipinski definition) is 1. The zero-order valence-corrected chi connectivity index (χ0v) is 11.3. The maximum atomic E-state index is 13.4. The molecule has 1 aromatic heterocycles. The van der Waals surface area contributed by atoms with Crippen LogP contribution in [0.1, 0.15) is 18.8 Å². The molecule has 106 valence electrons. The van der Waals surface area contributed by atoms with Gasteiger partial charge in [-0.05, 0) is 36.2 Å². The molecule has 3 rings (SSSR count). The van der Waals surface area contributed by atoms with Crippen LogP contribution in [0.3, 0.4) is 0 Å². The van der Waals surface area contributed by atoms with Gasteiger partial charge < -0.3 is 5.73 Å². The lowest BCUT2D eigenvalue weighted by Crippen LogP contribution is -2.09. The molecular formula is C16H13F2N3. The lowest BCUT2D eigenvalue weighted by atomic mass is 10.0. The van der Waals surface area contributed by atoms with Crippen LogP contribution in [0.25, 0.3) is 22.0 Å². The molecule has 0 aliphatic heterocycles. The fourth-order valence-corrected chi connectivity index (χ4v) is 2.25. The van der Waals surface area contributed by atoms with Gasteiger partial charge in [0.2, 0.25) is 0 Å². The van der Waals surface area contributed by atoms with Gasteiger partial charge >= 0.3 is 0 Å². The van der Waals surface area contributed by atoms with Crippen LogP contribution >= 0.6 is 0 Å². The van der Waals surface area contributed by atoms with Crippen molar-refractivity contribution in [3.8, 4) is 11.1 Å². The van der Waals surface area contributed by atoms with Crippen molar-refractivity contribution in [1.29, 1.82) is 0 Å². The fourth-order valence-electron chi connectivity index (χ4n) is 2.25. The highest BCUT2D eigenvalue weighted by atomic mass is 19.1. The minimum Gasteiger partial charge on any atom is -0.322 e. The summed E-state index contributed by atoms with van der Waals surface area (Å²) < 4.78 is 26.8. The molecule has 21 heavy (non-hydrogen) atoms. The van der Waals surface area contributed by atoms with Gasteiger partial charge in [0.05, 0.1) is 11.6 Å². The molecule has 5 heteroatoms. The first-order valence-electron chi connectivity index (χ1n) is 6.52. The summed E-state index contributed by atoms with van der Waals surface area (Å²) in [7, 11) is 0. The Morgan fingerprint density at radius 2 is 1.81 bits per heavy atom. The van der Waals surface area contributed by atoms with Crippen molar-refractivity contribution in [2.75, 3.05) is 0 Å². The Balaban J connectivity index is 2.23. The van der Waals surface area contributed by atoms with E-state index in [1.807, 2.05) is 6.07 Å². The highest BCUT2D eigenvalue weighted by molar-refractivity contribution is 5.94. The van der Waals surface area contributed by atoms with E-state index in [0.717, 1.165) is 11.5 Å². The van der Waals surface area contributed by atoms with Crippen molar-refractivity contribution < 1.29 is 8.78 Å². The van der Waals surface area contributed by atoms with E-state index in [0.29, 0.717) is 22.5 Å². The molecule has 0 aliphatic carbocycles. The van der Waals surface area contributed by atoms with Gasteiger partial charge in [-0.2, -0.15) is 0 Å². The summed E-state index contributed by atoms with van der Waals surface area (Å²) in [5.74, 6) is -0.699. The Kier molecular flexibility index (Phi) is 3.35. The Morgan fingerprint density at radius 1 is 1.10 bits per heavy atom. The average Bonchev–Trinajstić information content (AvgIpc) is 2.45. The van der Waals surface area contributed by atoms with E-state index < -0.39 is 11.6 Å². The molecule has 0 saturated carbocycles. The number of nitrogens with two attached hydrogens (primary N) is 1. The maximum Gasteiger partial charge on any atom is 0.145 e. The average molecular weight is 285 g/mol. The van der Waals surface area contributed by atoms with Crippen molar-refractivity contribution in [3.63, 3.8) is 0 Å². The Hall–Kier alpha value is -2.40. The number of hydrogen-bond acceptors (Lipinski definition) is 3. The van der Waals surface area contributed by atoms with Gasteiger partial charge in [-0.15, -0.1) is 0 Å². The number of aromatic nitrogens is 2. The predicted octanol–water partition coefficient (Wildman–Crippen LogP) is 3.59. The summed E-state index contributed by atoms with van der Waals surface area (Å²) >= 11 is 0. The van der Waals surface area contributed by atoms with Crippen molar-refractivity contribution >= 4 is 10.9 Å². The molecule has 3 aromatic rings. The van der Waals surface area contributed by atoms with Crippen LogP contribution in [-0.4, -0.2) is 9.97 Å². The number of fused-ring (bicyclic) bond motifs is 1. The Morgan fingerprint density at radius 3 is 2.48 bits per heavy atom. The lowest BCUT2D eigenvalue weighted by Gasteiger charge is -2.09. The molecule has 0 saturated heterocycles. The van der Waals surface area contributed by atoms with Gasteiger partial charge in [-0.1, -0.05) is 12.1 Å². The number of benzene rings is 2. The number of nitrogens with zero attached hydrogens (tertiary/aromatic N) is 2. The van der Waals surface area contributed by atoms with Crippen LogP contribution in [0, 0.1) is 11.6 Å². The maximum absolute atomic E-state index is 13.4. The second-order valence-corrected chi connectivity index (χ2v) is 4.91. The van der Waals surface area contributed by atoms with Gasteiger partial charge in [0.25, 0.3) is 0 Å². The van der Waals surface area contributed by atoms with Crippen LogP contribution in [0.5, 0.6) is 0 Å². The van der Waals surface area contributed by atoms with Crippen molar-refractivity contribution in [2.45, 2.75) is 13.0 Å². The summed E-state index contributed by atoms with van der Waals surface area (Å²) in [5.41, 5.74) is 7.60. The second kappa shape index (κ2) is 5.18. The molecule has 0 aliphatic rings. The Labute approximate surface area is 120 Å². The summed E-state index contributed by atoms with van der Waals surface area (Å²) in [6.07, 6.45) is 1.64. The quantitative estimate of drug-likeness (QED) is 0.782. The molecule has 1 atom stereocenters. The first-order valence-corrected chi connectivity index (χ1v) is 6.52.